The fourth-order valence-corrected chi connectivity index (χ4v) is 5.99. The number of nitrogens with zero attached hydrogens (tertiary/aromatic N) is 2. The van der Waals surface area contributed by atoms with Crippen LogP contribution in [0.3, 0.4) is 0 Å². The number of carbonyl (C=O) groups is 1. The number of hydrogen-bond donors (Lipinski definition) is 0. The highest BCUT2D eigenvalue weighted by molar-refractivity contribution is 7.07. The highest BCUT2D eigenvalue weighted by atomic mass is 35.5. The normalized spacial score (nSPS) is 14.9. The van der Waals surface area contributed by atoms with Gasteiger partial charge in [0.2, 0.25) is 0 Å². The topological polar surface area (TPSA) is 79.1 Å². The lowest BCUT2D eigenvalue weighted by molar-refractivity contribution is -0.143. The molecule has 1 aliphatic heterocycles. The molecule has 4 aromatic rings. The average molecular weight is 617 g/mol. The molecule has 0 radical (unpaired) electrons. The van der Waals surface area contributed by atoms with Crippen LogP contribution in [0.4, 0.5) is 0 Å². The zero-order valence-electron chi connectivity index (χ0n) is 24.7. The van der Waals surface area contributed by atoms with Gasteiger partial charge in [-0.05, 0) is 81.7 Å². The molecule has 9 heteroatoms. The van der Waals surface area contributed by atoms with Crippen molar-refractivity contribution < 1.29 is 19.0 Å². The van der Waals surface area contributed by atoms with Gasteiger partial charge in [0.25, 0.3) is 5.56 Å². The summed E-state index contributed by atoms with van der Waals surface area (Å²) in [6.45, 7) is 10.2. The highest BCUT2D eigenvalue weighted by Crippen LogP contribution is 2.32. The van der Waals surface area contributed by atoms with Gasteiger partial charge in [-0.15, -0.1) is 0 Å². The van der Waals surface area contributed by atoms with Crippen LogP contribution < -0.4 is 24.4 Å². The molecule has 0 spiro atoms. The quantitative estimate of drug-likeness (QED) is 0.212. The first-order chi connectivity index (χ1) is 20.6. The van der Waals surface area contributed by atoms with Gasteiger partial charge >= 0.3 is 5.97 Å². The van der Waals surface area contributed by atoms with Gasteiger partial charge in [0.15, 0.2) is 16.3 Å². The number of carbonyl (C=O) groups excluding carboxylic acids is 1. The van der Waals surface area contributed by atoms with Crippen molar-refractivity contribution in [2.45, 2.75) is 53.4 Å². The number of esters is 1. The Morgan fingerprint density at radius 1 is 1.02 bits per heavy atom. The summed E-state index contributed by atoms with van der Waals surface area (Å²) in [7, 11) is 0. The third-order valence-electron chi connectivity index (χ3n) is 6.85. The number of rotatable bonds is 9. The maximum Gasteiger partial charge on any atom is 0.338 e. The summed E-state index contributed by atoms with van der Waals surface area (Å²) < 4.78 is 19.6. The summed E-state index contributed by atoms with van der Waals surface area (Å²) in [6, 6.07) is 20.2. The van der Waals surface area contributed by atoms with Gasteiger partial charge in [0.05, 0.1) is 34.6 Å². The second kappa shape index (κ2) is 13.0. The average Bonchev–Trinajstić information content (AvgIpc) is 3.27. The van der Waals surface area contributed by atoms with Crippen molar-refractivity contribution in [2.24, 2.45) is 4.99 Å². The minimum Gasteiger partial charge on any atom is -0.490 e. The number of allylic oxidation sites excluding steroid dienone is 1. The Morgan fingerprint density at radius 3 is 2.42 bits per heavy atom. The van der Waals surface area contributed by atoms with Crippen LogP contribution in [-0.4, -0.2) is 23.2 Å². The molecule has 1 atom stereocenters. The Bertz CT molecular complexity index is 1850. The van der Waals surface area contributed by atoms with Crippen LogP contribution in [0.5, 0.6) is 11.5 Å². The Morgan fingerprint density at radius 2 is 1.74 bits per heavy atom. The largest absolute Gasteiger partial charge is 0.490 e. The second-order valence-electron chi connectivity index (χ2n) is 10.5. The standard InChI is InChI=1S/C34H33ClN2O5S/c1-6-40-28-17-24(11-16-27(28)41-19-23-9-7-21(4)8-10-23)18-29-32(38)37-31(25-12-14-26(35)15-13-25)30(33(39)42-20(2)3)22(5)36-34(37)43-29/h7-18,20,31H,6,19H2,1-5H3. The molecule has 0 N–H and O–H groups in total. The fraction of sp³-hybridized carbons (Fsp3) is 0.265. The molecule has 1 aliphatic rings. The lowest BCUT2D eigenvalue weighted by Crippen LogP contribution is -2.40. The molecule has 7 nitrogen and oxygen atoms in total. The third-order valence-corrected chi connectivity index (χ3v) is 8.09. The number of fused-ring (bicyclic) bond motifs is 1. The van der Waals surface area contributed by atoms with E-state index >= 15 is 0 Å². The van der Waals surface area contributed by atoms with Crippen LogP contribution in [0.15, 0.2) is 87.8 Å². The van der Waals surface area contributed by atoms with Crippen LogP contribution in [-0.2, 0) is 16.1 Å². The second-order valence-corrected chi connectivity index (χ2v) is 11.9. The van der Waals surface area contributed by atoms with Crippen molar-refractivity contribution in [3.63, 3.8) is 0 Å². The molecule has 0 saturated carbocycles. The minimum absolute atomic E-state index is 0.260. The van der Waals surface area contributed by atoms with Gasteiger partial charge in [-0.1, -0.05) is 71.0 Å². The summed E-state index contributed by atoms with van der Waals surface area (Å²) in [5.41, 5.74) is 4.32. The van der Waals surface area contributed by atoms with E-state index in [2.05, 4.69) is 17.1 Å². The van der Waals surface area contributed by atoms with E-state index in [1.807, 2.05) is 56.3 Å². The van der Waals surface area contributed by atoms with Crippen LogP contribution in [0.1, 0.15) is 56.0 Å². The molecule has 2 heterocycles. The zero-order valence-corrected chi connectivity index (χ0v) is 26.3. The molecule has 0 fully saturated rings. The number of halogens is 1. The van der Waals surface area contributed by atoms with Crippen molar-refractivity contribution in [2.75, 3.05) is 6.61 Å². The number of hydrogen-bond acceptors (Lipinski definition) is 7. The molecule has 43 heavy (non-hydrogen) atoms. The van der Waals surface area contributed by atoms with Crippen LogP contribution in [0, 0.1) is 6.92 Å². The molecule has 5 rings (SSSR count). The summed E-state index contributed by atoms with van der Waals surface area (Å²) in [5.74, 6) is 0.700. The Balaban J connectivity index is 1.54. The first kappa shape index (κ1) is 30.3. The van der Waals surface area contributed by atoms with Gasteiger partial charge in [0.1, 0.15) is 6.61 Å². The maximum atomic E-state index is 14.0. The van der Waals surface area contributed by atoms with Crippen molar-refractivity contribution >= 4 is 35.0 Å². The molecular formula is C34H33ClN2O5S. The lowest BCUT2D eigenvalue weighted by atomic mass is 9.96. The summed E-state index contributed by atoms with van der Waals surface area (Å²) >= 11 is 7.43. The number of aromatic nitrogens is 1. The Kier molecular flexibility index (Phi) is 9.18. The van der Waals surface area contributed by atoms with Gasteiger partial charge < -0.3 is 14.2 Å². The Labute approximate surface area is 259 Å². The first-order valence-electron chi connectivity index (χ1n) is 14.1. The lowest BCUT2D eigenvalue weighted by Gasteiger charge is -2.25. The zero-order chi connectivity index (χ0) is 30.7. The van der Waals surface area contributed by atoms with Crippen LogP contribution in [0.2, 0.25) is 5.02 Å². The molecule has 3 aromatic carbocycles. The van der Waals surface area contributed by atoms with E-state index in [1.165, 1.54) is 16.9 Å². The van der Waals surface area contributed by atoms with Gasteiger partial charge in [0, 0.05) is 5.02 Å². The van der Waals surface area contributed by atoms with Crippen LogP contribution in [0.25, 0.3) is 6.08 Å². The predicted molar refractivity (Wildman–Crippen MR) is 170 cm³/mol. The van der Waals surface area contributed by atoms with Gasteiger partial charge in [-0.3, -0.25) is 9.36 Å². The number of ether oxygens (including phenoxy) is 3. The molecular weight excluding hydrogens is 584 g/mol. The highest BCUT2D eigenvalue weighted by Gasteiger charge is 2.33. The molecule has 0 amide bonds. The van der Waals surface area contributed by atoms with E-state index in [4.69, 9.17) is 25.8 Å². The van der Waals surface area contributed by atoms with Crippen molar-refractivity contribution in [1.82, 2.24) is 4.57 Å². The van der Waals surface area contributed by atoms with E-state index in [9.17, 15) is 9.59 Å². The fourth-order valence-electron chi connectivity index (χ4n) is 4.82. The van der Waals surface area contributed by atoms with E-state index < -0.39 is 12.0 Å². The maximum absolute atomic E-state index is 14.0. The molecule has 1 unspecified atom stereocenters. The number of aryl methyl sites for hydroxylation is 1. The van der Waals surface area contributed by atoms with E-state index in [1.54, 1.807) is 43.5 Å². The summed E-state index contributed by atoms with van der Waals surface area (Å²) in [6.07, 6.45) is 1.48. The molecule has 0 bridgehead atoms. The van der Waals surface area contributed by atoms with E-state index in [0.29, 0.717) is 50.3 Å². The minimum atomic E-state index is -0.710. The summed E-state index contributed by atoms with van der Waals surface area (Å²) in [5, 5.41) is 0.555. The van der Waals surface area contributed by atoms with Gasteiger partial charge in [-0.2, -0.15) is 0 Å². The molecule has 0 aliphatic carbocycles. The monoisotopic (exact) mass is 616 g/mol. The van der Waals surface area contributed by atoms with E-state index in [-0.39, 0.29) is 11.7 Å². The Hall–Kier alpha value is -4.14. The first-order valence-corrected chi connectivity index (χ1v) is 15.3. The number of benzene rings is 3. The van der Waals surface area contributed by atoms with Crippen LogP contribution >= 0.6 is 22.9 Å². The van der Waals surface area contributed by atoms with E-state index in [0.717, 1.165) is 16.7 Å². The third kappa shape index (κ3) is 6.76. The molecule has 222 valence electrons. The van der Waals surface area contributed by atoms with Crippen molar-refractivity contribution in [3.05, 3.63) is 125 Å². The van der Waals surface area contributed by atoms with Crippen molar-refractivity contribution in [1.29, 1.82) is 0 Å². The molecule has 1 aromatic heterocycles. The summed E-state index contributed by atoms with van der Waals surface area (Å²) in [4.78, 5) is 32.4. The smallest absolute Gasteiger partial charge is 0.338 e. The number of thiazole rings is 1. The molecule has 0 saturated heterocycles. The van der Waals surface area contributed by atoms with Crippen molar-refractivity contribution in [3.8, 4) is 11.5 Å². The SMILES string of the molecule is CCOc1cc(C=c2sc3n(c2=O)C(c2ccc(Cl)cc2)C(C(=O)OC(C)C)=C(C)N=3)ccc1OCc1ccc(C)cc1. The van der Waals surface area contributed by atoms with Gasteiger partial charge in [-0.25, -0.2) is 9.79 Å². The predicted octanol–water partition coefficient (Wildman–Crippen LogP) is 6.13.